The number of hydrogen-bond donors (Lipinski definition) is 1. The molecule has 146 valence electrons. The number of carbonyl (C=O) groups is 1. The highest BCUT2D eigenvalue weighted by atomic mass is 32.2. The van der Waals surface area contributed by atoms with Gasteiger partial charge in [-0.15, -0.1) is 0 Å². The van der Waals surface area contributed by atoms with Crippen molar-refractivity contribution in [2.45, 2.75) is 38.7 Å². The van der Waals surface area contributed by atoms with E-state index in [2.05, 4.69) is 4.72 Å². The van der Waals surface area contributed by atoms with Gasteiger partial charge in [0.25, 0.3) is 0 Å². The lowest BCUT2D eigenvalue weighted by atomic mass is 10.1. The summed E-state index contributed by atoms with van der Waals surface area (Å²) in [6.07, 6.45) is 4.15. The first-order chi connectivity index (χ1) is 12.3. The van der Waals surface area contributed by atoms with Crippen LogP contribution in [0.15, 0.2) is 24.3 Å². The summed E-state index contributed by atoms with van der Waals surface area (Å²) in [6.45, 7) is 2.88. The predicted molar refractivity (Wildman–Crippen MR) is 98.8 cm³/mol. The largest absolute Gasteiger partial charge is 0.378 e. The lowest BCUT2D eigenvalue weighted by molar-refractivity contribution is -0.133. The van der Waals surface area contributed by atoms with Crippen LogP contribution in [-0.2, 0) is 19.6 Å². The summed E-state index contributed by atoms with van der Waals surface area (Å²) in [7, 11) is -2.08. The summed E-state index contributed by atoms with van der Waals surface area (Å²) in [5.74, 6) is -1.81. The molecule has 1 aliphatic heterocycles. The van der Waals surface area contributed by atoms with Crippen LogP contribution in [-0.4, -0.2) is 51.3 Å². The highest BCUT2D eigenvalue weighted by molar-refractivity contribution is 7.92. The summed E-state index contributed by atoms with van der Waals surface area (Å²) in [5.41, 5.74) is 0.146. The number of rotatable bonds is 8. The summed E-state index contributed by atoms with van der Waals surface area (Å²) in [4.78, 5) is 14.0. The van der Waals surface area contributed by atoms with Crippen molar-refractivity contribution in [3.63, 3.8) is 0 Å². The molecule has 2 unspecified atom stereocenters. The van der Waals surface area contributed by atoms with Gasteiger partial charge in [0.2, 0.25) is 15.9 Å². The van der Waals surface area contributed by atoms with Crippen LogP contribution in [0, 0.1) is 11.7 Å². The molecular formula is C18H27FN2O4S. The van der Waals surface area contributed by atoms with Crippen LogP contribution in [0.4, 0.5) is 10.1 Å². The molecule has 0 radical (unpaired) electrons. The Labute approximate surface area is 154 Å². The number of nitrogens with zero attached hydrogens (tertiary/aromatic N) is 1. The molecule has 1 aromatic carbocycles. The number of sulfonamides is 1. The van der Waals surface area contributed by atoms with Crippen molar-refractivity contribution in [2.75, 3.05) is 30.7 Å². The van der Waals surface area contributed by atoms with E-state index in [0.29, 0.717) is 6.54 Å². The smallest absolute Gasteiger partial charge is 0.233 e. The molecule has 6 nitrogen and oxygen atoms in total. The maximum Gasteiger partial charge on any atom is 0.233 e. The minimum atomic E-state index is -3.75. The van der Waals surface area contributed by atoms with E-state index in [4.69, 9.17) is 4.74 Å². The van der Waals surface area contributed by atoms with Crippen LogP contribution >= 0.6 is 0 Å². The summed E-state index contributed by atoms with van der Waals surface area (Å²) in [5, 5.41) is 0. The van der Waals surface area contributed by atoms with Crippen LogP contribution < -0.4 is 4.72 Å². The number of carbonyl (C=O) groups excluding carboxylic acids is 1. The van der Waals surface area contributed by atoms with E-state index >= 15 is 0 Å². The van der Waals surface area contributed by atoms with E-state index in [9.17, 15) is 17.6 Å². The van der Waals surface area contributed by atoms with Gasteiger partial charge in [-0.05, 0) is 43.9 Å². The standard InChI is InChI=1S/C18H27FN2O4S/c1-14(13-26(23,24)20-16-7-5-6-15(19)12-16)18(22)21(2)10-9-17-8-3-4-11-25-17/h5-7,12,14,17,20H,3-4,8-11,13H2,1-2H3. The minimum absolute atomic E-state index is 0.146. The molecule has 2 rings (SSSR count). The molecule has 1 fully saturated rings. The van der Waals surface area contributed by atoms with Gasteiger partial charge in [0.15, 0.2) is 0 Å². The second kappa shape index (κ2) is 9.32. The van der Waals surface area contributed by atoms with Gasteiger partial charge >= 0.3 is 0 Å². The number of ether oxygens (including phenoxy) is 1. The average molecular weight is 386 g/mol. The average Bonchev–Trinajstić information content (AvgIpc) is 2.59. The first-order valence-electron chi connectivity index (χ1n) is 8.89. The second-order valence-electron chi connectivity index (χ2n) is 6.83. The zero-order valence-corrected chi connectivity index (χ0v) is 16.1. The highest BCUT2D eigenvalue weighted by Crippen LogP contribution is 2.17. The molecule has 0 bridgehead atoms. The molecule has 0 aromatic heterocycles. The third-order valence-corrected chi connectivity index (χ3v) is 5.91. The summed E-state index contributed by atoms with van der Waals surface area (Å²) < 4.78 is 45.6. The van der Waals surface area contributed by atoms with Crippen molar-refractivity contribution < 1.29 is 22.3 Å². The van der Waals surface area contributed by atoms with Crippen molar-refractivity contribution in [3.05, 3.63) is 30.1 Å². The van der Waals surface area contributed by atoms with Gasteiger partial charge in [-0.25, -0.2) is 12.8 Å². The Kier molecular flexibility index (Phi) is 7.40. The Hall–Kier alpha value is -1.67. The zero-order chi connectivity index (χ0) is 19.2. The van der Waals surface area contributed by atoms with E-state index in [-0.39, 0.29) is 23.5 Å². The third kappa shape index (κ3) is 6.57. The van der Waals surface area contributed by atoms with Crippen LogP contribution in [0.5, 0.6) is 0 Å². The van der Waals surface area contributed by atoms with Crippen molar-refractivity contribution in [1.29, 1.82) is 0 Å². The summed E-state index contributed by atoms with van der Waals surface area (Å²) in [6, 6.07) is 5.21. The van der Waals surface area contributed by atoms with E-state index in [1.807, 2.05) is 0 Å². The van der Waals surface area contributed by atoms with E-state index in [0.717, 1.165) is 38.4 Å². The fraction of sp³-hybridized carbons (Fsp3) is 0.611. The van der Waals surface area contributed by atoms with Crippen LogP contribution in [0.25, 0.3) is 0 Å². The number of anilines is 1. The maximum atomic E-state index is 13.2. The van der Waals surface area contributed by atoms with Gasteiger partial charge in [-0.3, -0.25) is 9.52 Å². The van der Waals surface area contributed by atoms with Crippen molar-refractivity contribution >= 4 is 21.6 Å². The monoisotopic (exact) mass is 386 g/mol. The van der Waals surface area contributed by atoms with Crippen LogP contribution in [0.2, 0.25) is 0 Å². The molecule has 26 heavy (non-hydrogen) atoms. The van der Waals surface area contributed by atoms with Gasteiger partial charge in [-0.2, -0.15) is 0 Å². The molecule has 1 saturated heterocycles. The zero-order valence-electron chi connectivity index (χ0n) is 15.3. The molecule has 1 heterocycles. The van der Waals surface area contributed by atoms with Crippen molar-refractivity contribution in [1.82, 2.24) is 4.90 Å². The lowest BCUT2D eigenvalue weighted by Gasteiger charge is -2.26. The van der Waals surface area contributed by atoms with E-state index in [1.165, 1.54) is 18.2 Å². The third-order valence-electron chi connectivity index (χ3n) is 4.43. The predicted octanol–water partition coefficient (Wildman–Crippen LogP) is 2.62. The van der Waals surface area contributed by atoms with Gasteiger partial charge in [0.1, 0.15) is 5.82 Å². The first-order valence-corrected chi connectivity index (χ1v) is 10.5. The molecule has 0 saturated carbocycles. The number of halogens is 1. The van der Waals surface area contributed by atoms with Gasteiger partial charge < -0.3 is 9.64 Å². The highest BCUT2D eigenvalue weighted by Gasteiger charge is 2.25. The van der Waals surface area contributed by atoms with E-state index < -0.39 is 21.8 Å². The second-order valence-corrected chi connectivity index (χ2v) is 8.60. The SMILES string of the molecule is CC(CS(=O)(=O)Nc1cccc(F)c1)C(=O)N(C)CCC1CCCCO1. The Morgan fingerprint density at radius 2 is 2.19 bits per heavy atom. The Morgan fingerprint density at radius 3 is 2.85 bits per heavy atom. The Balaban J connectivity index is 1.84. The molecular weight excluding hydrogens is 359 g/mol. The molecule has 0 aliphatic carbocycles. The Bertz CT molecular complexity index is 705. The fourth-order valence-electron chi connectivity index (χ4n) is 3.03. The molecule has 2 atom stereocenters. The molecule has 1 aliphatic rings. The number of amides is 1. The molecule has 8 heteroatoms. The fourth-order valence-corrected chi connectivity index (χ4v) is 4.40. The molecule has 1 amide bonds. The number of nitrogens with one attached hydrogen (secondary N) is 1. The quantitative estimate of drug-likeness (QED) is 0.745. The molecule has 0 spiro atoms. The minimum Gasteiger partial charge on any atom is -0.378 e. The topological polar surface area (TPSA) is 75.7 Å². The van der Waals surface area contributed by atoms with Crippen molar-refractivity contribution in [2.24, 2.45) is 5.92 Å². The maximum absolute atomic E-state index is 13.2. The number of hydrogen-bond acceptors (Lipinski definition) is 4. The number of benzene rings is 1. The van der Waals surface area contributed by atoms with Gasteiger partial charge in [-0.1, -0.05) is 13.0 Å². The normalized spacial score (nSPS) is 19.0. The van der Waals surface area contributed by atoms with Crippen LogP contribution in [0.1, 0.15) is 32.6 Å². The lowest BCUT2D eigenvalue weighted by Crippen LogP contribution is -2.38. The molecule has 1 N–H and O–H groups in total. The van der Waals surface area contributed by atoms with Gasteiger partial charge in [0.05, 0.1) is 23.5 Å². The Morgan fingerprint density at radius 1 is 1.42 bits per heavy atom. The molecule has 1 aromatic rings. The van der Waals surface area contributed by atoms with Gasteiger partial charge in [0, 0.05) is 20.2 Å². The summed E-state index contributed by atoms with van der Waals surface area (Å²) >= 11 is 0. The van der Waals surface area contributed by atoms with E-state index in [1.54, 1.807) is 18.9 Å². The first kappa shape index (κ1) is 20.6. The van der Waals surface area contributed by atoms with Crippen molar-refractivity contribution in [3.8, 4) is 0 Å². The van der Waals surface area contributed by atoms with Crippen LogP contribution in [0.3, 0.4) is 0 Å².